The summed E-state index contributed by atoms with van der Waals surface area (Å²) in [5.74, 6) is -1.19. The number of carboxylic acids is 1. The molecule has 18 heavy (non-hydrogen) atoms. The molecule has 1 amide bonds. The van der Waals surface area contributed by atoms with Crippen molar-refractivity contribution in [1.29, 1.82) is 0 Å². The monoisotopic (exact) mass is 267 g/mol. The maximum atomic E-state index is 11.8. The Hall–Kier alpha value is -1.55. The second-order valence-electron chi connectivity index (χ2n) is 4.49. The van der Waals surface area contributed by atoms with E-state index in [4.69, 9.17) is 16.7 Å². The molecule has 0 bridgehead atoms. The molecule has 1 aliphatic carbocycles. The van der Waals surface area contributed by atoms with Crippen molar-refractivity contribution in [3.63, 3.8) is 0 Å². The highest BCUT2D eigenvalue weighted by molar-refractivity contribution is 6.31. The van der Waals surface area contributed by atoms with Gasteiger partial charge in [-0.1, -0.05) is 29.8 Å². The number of halogens is 1. The number of amides is 1. The highest BCUT2D eigenvalue weighted by Crippen LogP contribution is 2.32. The van der Waals surface area contributed by atoms with Gasteiger partial charge in [-0.3, -0.25) is 4.79 Å². The van der Waals surface area contributed by atoms with Crippen LogP contribution in [0.15, 0.2) is 24.3 Å². The molecule has 0 aromatic heterocycles. The molecule has 1 saturated carbocycles. The van der Waals surface area contributed by atoms with E-state index < -0.39 is 12.0 Å². The van der Waals surface area contributed by atoms with E-state index in [2.05, 4.69) is 5.32 Å². The Bertz CT molecular complexity index is 471. The van der Waals surface area contributed by atoms with Crippen LogP contribution in [-0.2, 0) is 16.0 Å². The fourth-order valence-corrected chi connectivity index (χ4v) is 2.05. The minimum atomic E-state index is -0.968. The first-order valence-electron chi connectivity index (χ1n) is 5.83. The maximum absolute atomic E-state index is 11.8. The molecule has 1 unspecified atom stereocenters. The van der Waals surface area contributed by atoms with Crippen molar-refractivity contribution in [2.24, 2.45) is 5.92 Å². The van der Waals surface area contributed by atoms with Gasteiger partial charge in [0.05, 0.1) is 6.42 Å². The summed E-state index contributed by atoms with van der Waals surface area (Å²) in [6.45, 7) is 0. The molecule has 2 N–H and O–H groups in total. The third kappa shape index (κ3) is 3.23. The van der Waals surface area contributed by atoms with Crippen LogP contribution in [0.4, 0.5) is 0 Å². The number of carbonyl (C=O) groups is 2. The van der Waals surface area contributed by atoms with Crippen molar-refractivity contribution in [3.8, 4) is 0 Å². The molecule has 2 rings (SSSR count). The number of rotatable bonds is 5. The first kappa shape index (κ1) is 12.9. The number of nitrogens with one attached hydrogen (secondary N) is 1. The van der Waals surface area contributed by atoms with Gasteiger partial charge in [-0.05, 0) is 30.4 Å². The molecule has 1 aliphatic rings. The summed E-state index contributed by atoms with van der Waals surface area (Å²) in [4.78, 5) is 22.8. The third-order valence-corrected chi connectivity index (χ3v) is 3.35. The molecule has 1 fully saturated rings. The standard InChI is InChI=1S/C13H14ClNO3/c14-10-4-2-1-3-9(10)7-11(16)15-12(13(17)18)8-5-6-8/h1-4,8,12H,5-7H2,(H,15,16)(H,17,18). The van der Waals surface area contributed by atoms with E-state index in [1.165, 1.54) is 0 Å². The van der Waals surface area contributed by atoms with Crippen LogP contribution in [-0.4, -0.2) is 23.0 Å². The Balaban J connectivity index is 1.96. The van der Waals surface area contributed by atoms with E-state index in [9.17, 15) is 9.59 Å². The summed E-state index contributed by atoms with van der Waals surface area (Å²) in [6, 6.07) is 6.28. The Morgan fingerprint density at radius 3 is 2.61 bits per heavy atom. The molecular formula is C13H14ClNO3. The van der Waals surface area contributed by atoms with Gasteiger partial charge in [0.1, 0.15) is 6.04 Å². The van der Waals surface area contributed by atoms with Crippen molar-refractivity contribution >= 4 is 23.5 Å². The van der Waals surface area contributed by atoms with Crippen LogP contribution in [0.5, 0.6) is 0 Å². The van der Waals surface area contributed by atoms with E-state index >= 15 is 0 Å². The first-order chi connectivity index (χ1) is 8.58. The van der Waals surface area contributed by atoms with Crippen LogP contribution >= 0.6 is 11.6 Å². The molecular weight excluding hydrogens is 254 g/mol. The molecule has 5 heteroatoms. The van der Waals surface area contributed by atoms with Gasteiger partial charge in [-0.25, -0.2) is 4.79 Å². The Labute approximate surface area is 110 Å². The van der Waals surface area contributed by atoms with Gasteiger partial charge in [0, 0.05) is 5.02 Å². The van der Waals surface area contributed by atoms with Gasteiger partial charge in [0.25, 0.3) is 0 Å². The van der Waals surface area contributed by atoms with Crippen LogP contribution in [0, 0.1) is 5.92 Å². The number of hydrogen-bond acceptors (Lipinski definition) is 2. The lowest BCUT2D eigenvalue weighted by Crippen LogP contribution is -2.43. The van der Waals surface area contributed by atoms with Gasteiger partial charge in [-0.2, -0.15) is 0 Å². The van der Waals surface area contributed by atoms with E-state index in [-0.39, 0.29) is 18.2 Å². The summed E-state index contributed by atoms with van der Waals surface area (Å²) < 4.78 is 0. The summed E-state index contributed by atoms with van der Waals surface area (Å²) in [5.41, 5.74) is 0.705. The highest BCUT2D eigenvalue weighted by atomic mass is 35.5. The summed E-state index contributed by atoms with van der Waals surface area (Å²) in [7, 11) is 0. The van der Waals surface area contributed by atoms with Gasteiger partial charge < -0.3 is 10.4 Å². The first-order valence-corrected chi connectivity index (χ1v) is 6.21. The van der Waals surface area contributed by atoms with Crippen LogP contribution in [0.1, 0.15) is 18.4 Å². The van der Waals surface area contributed by atoms with E-state index in [0.717, 1.165) is 12.8 Å². The maximum Gasteiger partial charge on any atom is 0.326 e. The Morgan fingerprint density at radius 2 is 2.06 bits per heavy atom. The molecule has 0 heterocycles. The Morgan fingerprint density at radius 1 is 1.39 bits per heavy atom. The predicted octanol–water partition coefficient (Wildman–Crippen LogP) is 1.86. The lowest BCUT2D eigenvalue weighted by molar-refractivity contribution is -0.142. The zero-order valence-electron chi connectivity index (χ0n) is 9.73. The van der Waals surface area contributed by atoms with Crippen molar-refractivity contribution in [2.45, 2.75) is 25.3 Å². The number of hydrogen-bond donors (Lipinski definition) is 2. The minimum Gasteiger partial charge on any atom is -0.480 e. The van der Waals surface area contributed by atoms with Crippen molar-refractivity contribution < 1.29 is 14.7 Å². The normalized spacial score (nSPS) is 16.1. The van der Waals surface area contributed by atoms with Gasteiger partial charge in [0.15, 0.2) is 0 Å². The van der Waals surface area contributed by atoms with Crippen LogP contribution in [0.25, 0.3) is 0 Å². The van der Waals surface area contributed by atoms with Gasteiger partial charge >= 0.3 is 5.97 Å². The lowest BCUT2D eigenvalue weighted by atomic mass is 10.1. The smallest absolute Gasteiger partial charge is 0.326 e. The average molecular weight is 268 g/mol. The zero-order chi connectivity index (χ0) is 13.1. The minimum absolute atomic E-state index is 0.0812. The van der Waals surface area contributed by atoms with Crippen LogP contribution < -0.4 is 5.32 Å². The van der Waals surface area contributed by atoms with Crippen LogP contribution in [0.3, 0.4) is 0 Å². The number of benzene rings is 1. The average Bonchev–Trinajstić information content (AvgIpc) is 3.13. The fourth-order valence-electron chi connectivity index (χ4n) is 1.85. The fraction of sp³-hybridized carbons (Fsp3) is 0.385. The van der Waals surface area contributed by atoms with E-state index in [0.29, 0.717) is 10.6 Å². The molecule has 1 atom stereocenters. The van der Waals surface area contributed by atoms with Crippen molar-refractivity contribution in [2.75, 3.05) is 0 Å². The molecule has 1 aromatic rings. The predicted molar refractivity (Wildman–Crippen MR) is 67.4 cm³/mol. The summed E-state index contributed by atoms with van der Waals surface area (Å²) in [6.07, 6.45) is 1.84. The second-order valence-corrected chi connectivity index (χ2v) is 4.90. The molecule has 1 aromatic carbocycles. The van der Waals surface area contributed by atoms with Crippen molar-refractivity contribution in [3.05, 3.63) is 34.9 Å². The van der Waals surface area contributed by atoms with E-state index in [1.54, 1.807) is 24.3 Å². The quantitative estimate of drug-likeness (QED) is 0.856. The molecule has 0 spiro atoms. The third-order valence-electron chi connectivity index (χ3n) is 2.98. The molecule has 4 nitrogen and oxygen atoms in total. The summed E-state index contributed by atoms with van der Waals surface area (Å²) >= 11 is 5.95. The number of aliphatic carboxylic acids is 1. The zero-order valence-corrected chi connectivity index (χ0v) is 10.5. The largest absolute Gasteiger partial charge is 0.480 e. The lowest BCUT2D eigenvalue weighted by Gasteiger charge is -2.13. The second kappa shape index (κ2) is 5.40. The highest BCUT2D eigenvalue weighted by Gasteiger charge is 2.37. The molecule has 0 aliphatic heterocycles. The van der Waals surface area contributed by atoms with Crippen molar-refractivity contribution in [1.82, 2.24) is 5.32 Å². The SMILES string of the molecule is O=C(Cc1ccccc1Cl)NC(C(=O)O)C1CC1. The summed E-state index contributed by atoms with van der Waals surface area (Å²) in [5, 5.41) is 12.1. The van der Waals surface area contributed by atoms with Crippen LogP contribution in [0.2, 0.25) is 5.02 Å². The number of carbonyl (C=O) groups excluding carboxylic acids is 1. The topological polar surface area (TPSA) is 66.4 Å². The Kier molecular flexibility index (Phi) is 3.87. The van der Waals surface area contributed by atoms with Gasteiger partial charge in [0.2, 0.25) is 5.91 Å². The molecule has 0 saturated heterocycles. The molecule has 96 valence electrons. The molecule has 0 radical (unpaired) electrons. The number of carboxylic acid groups (broad SMARTS) is 1. The van der Waals surface area contributed by atoms with Gasteiger partial charge in [-0.15, -0.1) is 0 Å². The van der Waals surface area contributed by atoms with E-state index in [1.807, 2.05) is 0 Å².